The molecule has 0 aliphatic rings. The van der Waals surface area contributed by atoms with Crippen molar-refractivity contribution in [2.45, 2.75) is 0 Å². The van der Waals surface area contributed by atoms with E-state index in [1.807, 2.05) is 6.07 Å². The summed E-state index contributed by atoms with van der Waals surface area (Å²) in [5.74, 6) is 0. The molecule has 1 aromatic rings. The van der Waals surface area contributed by atoms with Crippen LogP contribution in [0.1, 0.15) is 0 Å². The van der Waals surface area contributed by atoms with E-state index in [1.165, 1.54) is 5.19 Å². The van der Waals surface area contributed by atoms with Gasteiger partial charge in [0.1, 0.15) is 0 Å². The average molecular weight is 386 g/mol. The normalized spacial score (nSPS) is 11.1. The molecule has 11 heavy (non-hydrogen) atoms. The molecule has 58 valence electrons. The van der Waals surface area contributed by atoms with Crippen LogP contribution in [0, 0.1) is 0 Å². The second-order valence-electron chi connectivity index (χ2n) is 2.19. The lowest BCUT2D eigenvalue weighted by molar-refractivity contribution is 1.77. The molecule has 1 rings (SSSR count). The highest BCUT2D eigenvalue weighted by Crippen LogP contribution is 2.21. The fourth-order valence-corrected chi connectivity index (χ4v) is 3.81. The van der Waals surface area contributed by atoms with Gasteiger partial charge in [0, 0.05) is 0 Å². The van der Waals surface area contributed by atoms with Crippen molar-refractivity contribution < 1.29 is 0 Å². The summed E-state index contributed by atoms with van der Waals surface area (Å²) in [4.78, 5) is 0. The topological polar surface area (TPSA) is 0 Å². The van der Waals surface area contributed by atoms with Crippen molar-refractivity contribution in [1.82, 2.24) is 0 Å². The smallest absolute Gasteiger partial charge is 0.105 e. The minimum atomic E-state index is -1.35. The third-order valence-electron chi connectivity index (χ3n) is 1.42. The maximum absolute atomic E-state index is 3.86. The molecule has 0 amide bonds. The molecule has 0 atom stereocenters. The summed E-state index contributed by atoms with van der Waals surface area (Å²) in [6, 6.07) is 10.6. The summed E-state index contributed by atoms with van der Waals surface area (Å²) in [6.07, 6.45) is 0. The van der Waals surface area contributed by atoms with Crippen LogP contribution < -0.4 is 5.19 Å². The van der Waals surface area contributed by atoms with Crippen LogP contribution in [0.25, 0.3) is 0 Å². The minimum absolute atomic E-state index is 1.35. The molecule has 0 aliphatic heterocycles. The lowest BCUT2D eigenvalue weighted by atomic mass is 10.4. The van der Waals surface area contributed by atoms with Crippen molar-refractivity contribution in [1.29, 1.82) is 0 Å². The second-order valence-corrected chi connectivity index (χ2v) is 20.8. The Labute approximate surface area is 93.5 Å². The number of hydrogen-bond donors (Lipinski definition) is 0. The van der Waals surface area contributed by atoms with Gasteiger partial charge in [0.15, 0.2) is 0 Å². The number of rotatable bonds is 2. The highest BCUT2D eigenvalue weighted by Gasteiger charge is 2.23. The molecule has 1 aromatic carbocycles. The highest BCUT2D eigenvalue weighted by atomic mass is 127. The van der Waals surface area contributed by atoms with Gasteiger partial charge in [-0.1, -0.05) is 79.6 Å². The molecule has 0 nitrogen and oxygen atoms in total. The molecule has 0 radical (unpaired) electrons. The molecule has 0 aliphatic carbocycles. The van der Waals surface area contributed by atoms with Crippen molar-refractivity contribution in [2.75, 3.05) is 0 Å². The van der Waals surface area contributed by atoms with Crippen LogP contribution in [0.5, 0.6) is 0 Å². The van der Waals surface area contributed by atoms with Gasteiger partial charge in [-0.2, -0.15) is 0 Å². The average Bonchev–Trinajstić information content (AvgIpc) is 2.06. The first-order chi connectivity index (χ1) is 5.17. The molecular weight excluding hydrogens is 378 g/mol. The standard InChI is InChI=1S/C8H8I2Si/c1-2-11(9,10)8-6-4-3-5-7-8/h2-7H,1H2. The zero-order valence-electron chi connectivity index (χ0n) is 5.93. The van der Waals surface area contributed by atoms with Gasteiger partial charge in [-0.05, 0) is 5.19 Å². The van der Waals surface area contributed by atoms with Crippen LogP contribution in [0.4, 0.5) is 0 Å². The van der Waals surface area contributed by atoms with E-state index in [2.05, 4.69) is 80.1 Å². The van der Waals surface area contributed by atoms with Gasteiger partial charge in [-0.3, -0.25) is 0 Å². The quantitative estimate of drug-likeness (QED) is 0.417. The highest BCUT2D eigenvalue weighted by molar-refractivity contribution is 14.3. The number of halogens is 2. The minimum Gasteiger partial charge on any atom is -0.105 e. The van der Waals surface area contributed by atoms with E-state index in [1.54, 1.807) is 0 Å². The second kappa shape index (κ2) is 4.04. The Balaban J connectivity index is 3.02. The molecule has 0 aromatic heterocycles. The Kier molecular flexibility index (Phi) is 3.57. The molecule has 0 unspecified atom stereocenters. The Morgan fingerprint density at radius 3 is 2.18 bits per heavy atom. The van der Waals surface area contributed by atoms with Crippen molar-refractivity contribution >= 4 is 51.8 Å². The fourth-order valence-electron chi connectivity index (χ4n) is 0.778. The first kappa shape index (κ1) is 9.72. The summed E-state index contributed by atoms with van der Waals surface area (Å²) < 4.78 is -1.35. The summed E-state index contributed by atoms with van der Waals surface area (Å²) in [6.45, 7) is 3.86. The Bertz CT molecular complexity index is 244. The summed E-state index contributed by atoms with van der Waals surface area (Å²) >= 11 is 5.03. The van der Waals surface area contributed by atoms with Gasteiger partial charge in [0.05, 0.1) is 0 Å². The van der Waals surface area contributed by atoms with Gasteiger partial charge in [0.25, 0.3) is 0 Å². The molecule has 0 heterocycles. The molecule has 0 fully saturated rings. The predicted octanol–water partition coefficient (Wildman–Crippen LogP) is 2.93. The van der Waals surface area contributed by atoms with E-state index in [-0.39, 0.29) is 0 Å². The summed E-state index contributed by atoms with van der Waals surface area (Å²) in [5, 5.41) is 1.43. The van der Waals surface area contributed by atoms with Gasteiger partial charge < -0.3 is 0 Å². The maximum Gasteiger partial charge on any atom is 0.243 e. The van der Waals surface area contributed by atoms with Crippen LogP contribution in [-0.2, 0) is 0 Å². The number of benzene rings is 1. The van der Waals surface area contributed by atoms with Crippen LogP contribution >= 0.6 is 43.6 Å². The maximum atomic E-state index is 3.86. The van der Waals surface area contributed by atoms with E-state index < -0.39 is 3.07 Å². The molecule has 3 heteroatoms. The SMILES string of the molecule is C=C[Si](I)(I)c1ccccc1. The van der Waals surface area contributed by atoms with Crippen LogP contribution in [-0.4, -0.2) is 3.07 Å². The molecular formula is C8H8I2Si. The third-order valence-corrected chi connectivity index (χ3v) is 9.41. The van der Waals surface area contributed by atoms with Gasteiger partial charge in [-0.25, -0.2) is 0 Å². The zero-order valence-corrected chi connectivity index (χ0v) is 11.2. The van der Waals surface area contributed by atoms with Crippen LogP contribution in [0.2, 0.25) is 0 Å². The van der Waals surface area contributed by atoms with E-state index in [9.17, 15) is 0 Å². The first-order valence-corrected chi connectivity index (χ1v) is 11.5. The van der Waals surface area contributed by atoms with E-state index >= 15 is 0 Å². The van der Waals surface area contributed by atoms with E-state index in [0.29, 0.717) is 0 Å². The predicted molar refractivity (Wildman–Crippen MR) is 70.1 cm³/mol. The van der Waals surface area contributed by atoms with Gasteiger partial charge >= 0.3 is 0 Å². The third kappa shape index (κ3) is 2.55. The molecule has 0 saturated carbocycles. The lowest BCUT2D eigenvalue weighted by Gasteiger charge is -2.11. The van der Waals surface area contributed by atoms with Crippen molar-refractivity contribution in [2.24, 2.45) is 0 Å². The molecule has 0 spiro atoms. The molecule has 0 saturated heterocycles. The van der Waals surface area contributed by atoms with Gasteiger partial charge in [0.2, 0.25) is 3.07 Å². The largest absolute Gasteiger partial charge is 0.243 e. The van der Waals surface area contributed by atoms with E-state index in [4.69, 9.17) is 0 Å². The molecule has 0 N–H and O–H groups in total. The Morgan fingerprint density at radius 1 is 1.18 bits per heavy atom. The van der Waals surface area contributed by atoms with E-state index in [0.717, 1.165) is 0 Å². The van der Waals surface area contributed by atoms with Crippen molar-refractivity contribution in [3.05, 3.63) is 42.6 Å². The van der Waals surface area contributed by atoms with Gasteiger partial charge in [-0.15, -0.1) is 6.58 Å². The summed E-state index contributed by atoms with van der Waals surface area (Å²) in [7, 11) is 0. The fraction of sp³-hybridized carbons (Fsp3) is 0. The van der Waals surface area contributed by atoms with Crippen molar-refractivity contribution in [3.63, 3.8) is 0 Å². The Morgan fingerprint density at radius 2 is 1.73 bits per heavy atom. The first-order valence-electron chi connectivity index (χ1n) is 3.24. The zero-order chi connectivity index (χ0) is 8.32. The van der Waals surface area contributed by atoms with Crippen molar-refractivity contribution in [3.8, 4) is 0 Å². The van der Waals surface area contributed by atoms with Crippen LogP contribution in [0.3, 0.4) is 0 Å². The van der Waals surface area contributed by atoms with Crippen LogP contribution in [0.15, 0.2) is 42.6 Å². The summed E-state index contributed by atoms with van der Waals surface area (Å²) in [5.41, 5.74) is 2.09. The monoisotopic (exact) mass is 386 g/mol. The lowest BCUT2D eigenvalue weighted by Crippen LogP contribution is -2.32. The Hall–Kier alpha value is 0.637. The number of hydrogen-bond acceptors (Lipinski definition) is 0. The molecule has 0 bridgehead atoms.